The summed E-state index contributed by atoms with van der Waals surface area (Å²) in [6, 6.07) is 5.62. The lowest BCUT2D eigenvalue weighted by atomic mass is 10.2. The number of aryl methyl sites for hydroxylation is 1. The fraction of sp³-hybridized carbons (Fsp3) is 0.167. The molecule has 94 valence electrons. The number of nitrogens with two attached hydrogens (primary N) is 1. The number of aromatic amines is 1. The topological polar surface area (TPSA) is 83.8 Å². The number of aromatic nitrogens is 2. The number of H-pyrrole nitrogens is 1. The van der Waals surface area contributed by atoms with Crippen LogP contribution in [0.15, 0.2) is 24.3 Å². The van der Waals surface area contributed by atoms with Gasteiger partial charge in [0.25, 0.3) is 5.91 Å². The Kier molecular flexibility index (Phi) is 3.27. The van der Waals surface area contributed by atoms with Crippen LogP contribution in [0.25, 0.3) is 0 Å². The minimum Gasteiger partial charge on any atom is -0.399 e. The van der Waals surface area contributed by atoms with Gasteiger partial charge in [-0.2, -0.15) is 5.10 Å². The molecule has 0 aliphatic carbocycles. The van der Waals surface area contributed by atoms with Crippen molar-refractivity contribution >= 4 is 17.4 Å². The SMILES string of the molecule is CCc1cc(NC(=O)c2ccc(N)cc2F)n[nH]1. The first-order valence-electron chi connectivity index (χ1n) is 5.51. The highest BCUT2D eigenvalue weighted by atomic mass is 19.1. The number of hydrogen-bond acceptors (Lipinski definition) is 3. The molecule has 2 aromatic rings. The van der Waals surface area contributed by atoms with Crippen LogP contribution < -0.4 is 11.1 Å². The summed E-state index contributed by atoms with van der Waals surface area (Å²) < 4.78 is 13.5. The van der Waals surface area contributed by atoms with E-state index in [1.165, 1.54) is 12.1 Å². The first-order valence-corrected chi connectivity index (χ1v) is 5.51. The van der Waals surface area contributed by atoms with Gasteiger partial charge in [-0.05, 0) is 24.6 Å². The highest BCUT2D eigenvalue weighted by molar-refractivity contribution is 6.04. The lowest BCUT2D eigenvalue weighted by molar-refractivity contribution is 0.102. The molecule has 1 heterocycles. The third-order valence-electron chi connectivity index (χ3n) is 2.49. The average Bonchev–Trinajstić information content (AvgIpc) is 2.76. The Morgan fingerprint density at radius 3 is 2.89 bits per heavy atom. The number of nitrogens with one attached hydrogen (secondary N) is 2. The van der Waals surface area contributed by atoms with Crippen LogP contribution in [0.2, 0.25) is 0 Å². The largest absolute Gasteiger partial charge is 0.399 e. The molecule has 0 bridgehead atoms. The van der Waals surface area contributed by atoms with Gasteiger partial charge in [-0.15, -0.1) is 0 Å². The second-order valence-corrected chi connectivity index (χ2v) is 3.83. The van der Waals surface area contributed by atoms with Gasteiger partial charge in [0.2, 0.25) is 0 Å². The maximum Gasteiger partial charge on any atom is 0.259 e. The number of carbonyl (C=O) groups excluding carboxylic acids is 1. The van der Waals surface area contributed by atoms with Crippen molar-refractivity contribution in [2.24, 2.45) is 0 Å². The van der Waals surface area contributed by atoms with E-state index in [-0.39, 0.29) is 11.3 Å². The molecule has 0 unspecified atom stereocenters. The summed E-state index contributed by atoms with van der Waals surface area (Å²) >= 11 is 0. The number of hydrogen-bond donors (Lipinski definition) is 3. The average molecular weight is 248 g/mol. The van der Waals surface area contributed by atoms with E-state index in [1.54, 1.807) is 6.07 Å². The van der Waals surface area contributed by atoms with Crippen LogP contribution in [-0.2, 0) is 6.42 Å². The molecule has 0 saturated carbocycles. The molecule has 0 atom stereocenters. The molecule has 2 rings (SSSR count). The van der Waals surface area contributed by atoms with E-state index in [4.69, 9.17) is 5.73 Å². The van der Waals surface area contributed by atoms with Crippen LogP contribution in [0.5, 0.6) is 0 Å². The Morgan fingerprint density at radius 2 is 2.28 bits per heavy atom. The molecule has 0 aliphatic heterocycles. The van der Waals surface area contributed by atoms with Gasteiger partial charge in [0, 0.05) is 17.4 Å². The van der Waals surface area contributed by atoms with E-state index in [9.17, 15) is 9.18 Å². The smallest absolute Gasteiger partial charge is 0.259 e. The first-order chi connectivity index (χ1) is 8.60. The monoisotopic (exact) mass is 248 g/mol. The number of carbonyl (C=O) groups is 1. The van der Waals surface area contributed by atoms with Gasteiger partial charge in [-0.25, -0.2) is 4.39 Å². The molecule has 4 N–H and O–H groups in total. The fourth-order valence-electron chi connectivity index (χ4n) is 1.51. The minimum atomic E-state index is -0.654. The quantitative estimate of drug-likeness (QED) is 0.726. The van der Waals surface area contributed by atoms with Crippen molar-refractivity contribution in [3.05, 3.63) is 41.3 Å². The van der Waals surface area contributed by atoms with E-state index >= 15 is 0 Å². The number of anilines is 2. The summed E-state index contributed by atoms with van der Waals surface area (Å²) in [5.41, 5.74) is 6.51. The van der Waals surface area contributed by atoms with Crippen molar-refractivity contribution in [3.63, 3.8) is 0 Å². The summed E-state index contributed by atoms with van der Waals surface area (Å²) in [5.74, 6) is -0.839. The summed E-state index contributed by atoms with van der Waals surface area (Å²) in [4.78, 5) is 11.8. The lowest BCUT2D eigenvalue weighted by Crippen LogP contribution is -2.14. The number of benzene rings is 1. The standard InChI is InChI=1S/C12H13FN4O/c1-2-8-6-11(17-16-8)15-12(18)9-4-3-7(14)5-10(9)13/h3-6H,2,14H2,1H3,(H2,15,16,17,18). The number of amides is 1. The van der Waals surface area contributed by atoms with Crippen LogP contribution >= 0.6 is 0 Å². The van der Waals surface area contributed by atoms with Crippen LogP contribution in [0, 0.1) is 5.82 Å². The number of nitrogen functional groups attached to an aromatic ring is 1. The van der Waals surface area contributed by atoms with Crippen molar-refractivity contribution in [2.45, 2.75) is 13.3 Å². The Bertz CT molecular complexity index is 579. The Hall–Kier alpha value is -2.37. The predicted octanol–water partition coefficient (Wildman–Crippen LogP) is 1.95. The van der Waals surface area contributed by atoms with E-state index < -0.39 is 11.7 Å². The van der Waals surface area contributed by atoms with Crippen LogP contribution in [0.1, 0.15) is 23.0 Å². The number of rotatable bonds is 3. The molecule has 0 spiro atoms. The highest BCUT2D eigenvalue weighted by Gasteiger charge is 2.13. The molecule has 1 aromatic heterocycles. The van der Waals surface area contributed by atoms with Gasteiger partial charge in [0.1, 0.15) is 5.82 Å². The van der Waals surface area contributed by atoms with Gasteiger partial charge in [0.05, 0.1) is 5.56 Å². The van der Waals surface area contributed by atoms with E-state index in [0.717, 1.165) is 18.2 Å². The Balaban J connectivity index is 2.16. The van der Waals surface area contributed by atoms with Crippen molar-refractivity contribution in [1.29, 1.82) is 0 Å². The second kappa shape index (κ2) is 4.87. The summed E-state index contributed by atoms with van der Waals surface area (Å²) in [7, 11) is 0. The molecule has 1 aromatic carbocycles. The van der Waals surface area contributed by atoms with Crippen molar-refractivity contribution in [3.8, 4) is 0 Å². The van der Waals surface area contributed by atoms with Gasteiger partial charge >= 0.3 is 0 Å². The number of nitrogens with zero attached hydrogens (tertiary/aromatic N) is 1. The van der Waals surface area contributed by atoms with Crippen molar-refractivity contribution in [2.75, 3.05) is 11.1 Å². The van der Waals surface area contributed by atoms with Crippen LogP contribution in [0.4, 0.5) is 15.9 Å². The molecule has 0 aliphatic rings. The van der Waals surface area contributed by atoms with Crippen LogP contribution in [-0.4, -0.2) is 16.1 Å². The molecule has 0 radical (unpaired) electrons. The Labute approximate surface area is 103 Å². The van der Waals surface area contributed by atoms with Crippen molar-refractivity contribution in [1.82, 2.24) is 10.2 Å². The molecule has 0 fully saturated rings. The molecule has 6 heteroatoms. The van der Waals surface area contributed by atoms with Gasteiger partial charge < -0.3 is 11.1 Å². The second-order valence-electron chi connectivity index (χ2n) is 3.83. The van der Waals surface area contributed by atoms with Gasteiger partial charge in [-0.3, -0.25) is 9.89 Å². The van der Waals surface area contributed by atoms with Crippen molar-refractivity contribution < 1.29 is 9.18 Å². The van der Waals surface area contributed by atoms with E-state index in [1.807, 2.05) is 6.92 Å². The summed E-state index contributed by atoms with van der Waals surface area (Å²) in [5, 5.41) is 9.16. The van der Waals surface area contributed by atoms with Gasteiger partial charge in [-0.1, -0.05) is 6.92 Å². The minimum absolute atomic E-state index is 0.0646. The maximum absolute atomic E-state index is 13.5. The van der Waals surface area contributed by atoms with Crippen LogP contribution in [0.3, 0.4) is 0 Å². The number of halogens is 1. The fourth-order valence-corrected chi connectivity index (χ4v) is 1.51. The molecule has 5 nitrogen and oxygen atoms in total. The Morgan fingerprint density at radius 1 is 1.50 bits per heavy atom. The van der Waals surface area contributed by atoms with E-state index in [2.05, 4.69) is 15.5 Å². The highest BCUT2D eigenvalue weighted by Crippen LogP contribution is 2.14. The zero-order chi connectivity index (χ0) is 13.1. The predicted molar refractivity (Wildman–Crippen MR) is 66.7 cm³/mol. The molecular weight excluding hydrogens is 235 g/mol. The molecular formula is C12H13FN4O. The summed E-state index contributed by atoms with van der Waals surface area (Å²) in [6.07, 6.45) is 0.777. The molecule has 18 heavy (non-hydrogen) atoms. The van der Waals surface area contributed by atoms with Gasteiger partial charge in [0.15, 0.2) is 5.82 Å². The normalized spacial score (nSPS) is 10.3. The molecule has 0 saturated heterocycles. The maximum atomic E-state index is 13.5. The third-order valence-corrected chi connectivity index (χ3v) is 2.49. The summed E-state index contributed by atoms with van der Waals surface area (Å²) in [6.45, 7) is 1.96. The first kappa shape index (κ1) is 12.1. The third kappa shape index (κ3) is 2.48. The zero-order valence-corrected chi connectivity index (χ0v) is 9.83. The zero-order valence-electron chi connectivity index (χ0n) is 9.83. The lowest BCUT2D eigenvalue weighted by Gasteiger charge is -2.03. The van der Waals surface area contributed by atoms with E-state index in [0.29, 0.717) is 5.82 Å². The molecule has 1 amide bonds.